The van der Waals surface area contributed by atoms with Gasteiger partial charge in [-0.15, -0.1) is 0 Å². The Morgan fingerprint density at radius 3 is 2.50 bits per heavy atom. The first-order valence-electron chi connectivity index (χ1n) is 3.67. The van der Waals surface area contributed by atoms with E-state index in [1.165, 1.54) is 0 Å². The summed E-state index contributed by atoms with van der Waals surface area (Å²) < 4.78 is 0. The van der Waals surface area contributed by atoms with Crippen LogP contribution in [0.4, 0.5) is 0 Å². The number of rotatable bonds is 4. The van der Waals surface area contributed by atoms with E-state index in [0.717, 1.165) is 19.6 Å². The van der Waals surface area contributed by atoms with E-state index in [0.29, 0.717) is 5.84 Å². The van der Waals surface area contributed by atoms with Gasteiger partial charge in [0.1, 0.15) is 0 Å². The zero-order valence-electron chi connectivity index (χ0n) is 7.07. The van der Waals surface area contributed by atoms with Gasteiger partial charge in [0.05, 0.1) is 5.84 Å². The molecule has 0 aromatic rings. The van der Waals surface area contributed by atoms with Crippen molar-refractivity contribution in [2.75, 3.05) is 26.7 Å². The summed E-state index contributed by atoms with van der Waals surface area (Å²) >= 11 is 0. The first-order valence-corrected chi connectivity index (χ1v) is 3.67. The Kier molecular flexibility index (Phi) is 4.94. The Morgan fingerprint density at radius 2 is 2.20 bits per heavy atom. The van der Waals surface area contributed by atoms with Gasteiger partial charge in [0.25, 0.3) is 0 Å². The molecule has 0 saturated carbocycles. The zero-order valence-corrected chi connectivity index (χ0v) is 7.07. The Balaban J connectivity index is 3.50. The molecule has 3 nitrogen and oxygen atoms in total. The van der Waals surface area contributed by atoms with Crippen molar-refractivity contribution in [3.63, 3.8) is 0 Å². The molecule has 0 unspecified atom stereocenters. The molecule has 0 radical (unpaired) electrons. The number of likely N-dealkylation sites (N-methyl/N-ethyl adjacent to an activating group) is 2. The smallest absolute Gasteiger partial charge is 0.0926 e. The van der Waals surface area contributed by atoms with Gasteiger partial charge in [-0.2, -0.15) is 0 Å². The van der Waals surface area contributed by atoms with Crippen LogP contribution in [0.2, 0.25) is 0 Å². The lowest BCUT2D eigenvalue weighted by atomic mass is 10.4. The quantitative estimate of drug-likeness (QED) is 0.445. The van der Waals surface area contributed by atoms with Crippen LogP contribution in [0.3, 0.4) is 0 Å². The molecule has 0 rings (SSSR count). The molecule has 0 aromatic carbocycles. The lowest BCUT2D eigenvalue weighted by molar-refractivity contribution is 0.432. The van der Waals surface area contributed by atoms with E-state index >= 15 is 0 Å². The molecule has 0 aliphatic heterocycles. The maximum atomic E-state index is 7.33. The van der Waals surface area contributed by atoms with E-state index in [-0.39, 0.29) is 0 Å². The van der Waals surface area contributed by atoms with Crippen LogP contribution in [0.15, 0.2) is 0 Å². The second kappa shape index (κ2) is 5.23. The summed E-state index contributed by atoms with van der Waals surface area (Å²) in [7, 11) is 1.92. The maximum absolute atomic E-state index is 7.33. The highest BCUT2D eigenvalue weighted by atomic mass is 15.2. The normalized spacial score (nSPS) is 9.50. The predicted octanol–water partition coefficient (Wildman–Crippen LogP) is 0.525. The number of hydrogen-bond donors (Lipinski definition) is 2. The molecule has 10 heavy (non-hydrogen) atoms. The van der Waals surface area contributed by atoms with Crippen LogP contribution >= 0.6 is 0 Å². The summed E-state index contributed by atoms with van der Waals surface area (Å²) in [5, 5.41) is 10.4. The predicted molar refractivity (Wildman–Crippen MR) is 44.6 cm³/mol. The third-order valence-corrected chi connectivity index (χ3v) is 1.49. The van der Waals surface area contributed by atoms with E-state index in [9.17, 15) is 0 Å². The SMILES string of the molecule is CCN(CCNC)C(C)=N. The molecule has 0 aliphatic carbocycles. The molecule has 0 fully saturated rings. The van der Waals surface area contributed by atoms with E-state index in [1.54, 1.807) is 0 Å². The van der Waals surface area contributed by atoms with Crippen LogP contribution in [-0.4, -0.2) is 37.4 Å². The molecule has 3 heteroatoms. The lowest BCUT2D eigenvalue weighted by Crippen LogP contribution is -2.33. The van der Waals surface area contributed by atoms with E-state index in [2.05, 4.69) is 12.2 Å². The molecule has 0 aromatic heterocycles. The summed E-state index contributed by atoms with van der Waals surface area (Å²) in [6.07, 6.45) is 0. The minimum absolute atomic E-state index is 0.651. The van der Waals surface area contributed by atoms with Gasteiger partial charge in [-0.3, -0.25) is 5.41 Å². The average molecular weight is 143 g/mol. The first kappa shape index (κ1) is 9.43. The largest absolute Gasteiger partial charge is 0.360 e. The molecule has 0 saturated heterocycles. The lowest BCUT2D eigenvalue weighted by Gasteiger charge is -2.20. The monoisotopic (exact) mass is 143 g/mol. The minimum Gasteiger partial charge on any atom is -0.360 e. The van der Waals surface area contributed by atoms with Gasteiger partial charge in [-0.1, -0.05) is 0 Å². The van der Waals surface area contributed by atoms with Crippen LogP contribution in [0.1, 0.15) is 13.8 Å². The van der Waals surface area contributed by atoms with Gasteiger partial charge in [-0.25, -0.2) is 0 Å². The third-order valence-electron chi connectivity index (χ3n) is 1.49. The Hall–Kier alpha value is -0.570. The van der Waals surface area contributed by atoms with Gasteiger partial charge < -0.3 is 10.2 Å². The molecule has 60 valence electrons. The van der Waals surface area contributed by atoms with Crippen LogP contribution in [0.5, 0.6) is 0 Å². The van der Waals surface area contributed by atoms with Crippen LogP contribution < -0.4 is 5.32 Å². The fraction of sp³-hybridized carbons (Fsp3) is 0.857. The third kappa shape index (κ3) is 3.45. The molecule has 0 atom stereocenters. The Labute approximate surface area is 62.9 Å². The van der Waals surface area contributed by atoms with Crippen LogP contribution in [0.25, 0.3) is 0 Å². The van der Waals surface area contributed by atoms with Crippen molar-refractivity contribution in [3.05, 3.63) is 0 Å². The average Bonchev–Trinajstić information content (AvgIpc) is 1.89. The van der Waals surface area contributed by atoms with E-state index < -0.39 is 0 Å². The number of amidine groups is 1. The highest BCUT2D eigenvalue weighted by Gasteiger charge is 1.99. The van der Waals surface area contributed by atoms with Gasteiger partial charge in [-0.05, 0) is 20.9 Å². The molecule has 0 bridgehead atoms. The second-order valence-corrected chi connectivity index (χ2v) is 2.27. The molecular formula is C7H17N3. The fourth-order valence-corrected chi connectivity index (χ4v) is 0.810. The van der Waals surface area contributed by atoms with E-state index in [4.69, 9.17) is 5.41 Å². The highest BCUT2D eigenvalue weighted by Crippen LogP contribution is 1.86. The van der Waals surface area contributed by atoms with Crippen molar-refractivity contribution in [3.8, 4) is 0 Å². The van der Waals surface area contributed by atoms with Crippen molar-refractivity contribution >= 4 is 5.84 Å². The first-order chi connectivity index (χ1) is 4.72. The Bertz CT molecular complexity index is 101. The van der Waals surface area contributed by atoms with Crippen LogP contribution in [0, 0.1) is 5.41 Å². The van der Waals surface area contributed by atoms with Gasteiger partial charge >= 0.3 is 0 Å². The van der Waals surface area contributed by atoms with Crippen molar-refractivity contribution < 1.29 is 0 Å². The topological polar surface area (TPSA) is 39.1 Å². The summed E-state index contributed by atoms with van der Waals surface area (Å²) in [6, 6.07) is 0. The Morgan fingerprint density at radius 1 is 1.60 bits per heavy atom. The molecular weight excluding hydrogens is 126 g/mol. The second-order valence-electron chi connectivity index (χ2n) is 2.27. The summed E-state index contributed by atoms with van der Waals surface area (Å²) in [6.45, 7) is 6.69. The van der Waals surface area contributed by atoms with Gasteiger partial charge in [0, 0.05) is 19.6 Å². The van der Waals surface area contributed by atoms with Crippen molar-refractivity contribution in [1.82, 2.24) is 10.2 Å². The van der Waals surface area contributed by atoms with Gasteiger partial charge in [0.2, 0.25) is 0 Å². The van der Waals surface area contributed by atoms with Crippen LogP contribution in [-0.2, 0) is 0 Å². The molecule has 0 aliphatic rings. The minimum atomic E-state index is 0.651. The highest BCUT2D eigenvalue weighted by molar-refractivity contribution is 5.76. The van der Waals surface area contributed by atoms with E-state index in [1.807, 2.05) is 18.9 Å². The standard InChI is InChI=1S/C7H17N3/c1-4-10(7(2)8)6-5-9-3/h8-9H,4-6H2,1-3H3. The summed E-state index contributed by atoms with van der Waals surface area (Å²) in [4.78, 5) is 2.02. The molecule has 0 amide bonds. The van der Waals surface area contributed by atoms with Gasteiger partial charge in [0.15, 0.2) is 0 Å². The van der Waals surface area contributed by atoms with Crippen molar-refractivity contribution in [2.45, 2.75) is 13.8 Å². The maximum Gasteiger partial charge on any atom is 0.0926 e. The number of nitrogens with zero attached hydrogens (tertiary/aromatic N) is 1. The molecule has 2 N–H and O–H groups in total. The summed E-state index contributed by atoms with van der Waals surface area (Å²) in [5.74, 6) is 0.651. The number of nitrogens with one attached hydrogen (secondary N) is 2. The number of hydrogen-bond acceptors (Lipinski definition) is 2. The zero-order chi connectivity index (χ0) is 7.98. The fourth-order valence-electron chi connectivity index (χ4n) is 0.810. The molecule has 0 heterocycles. The van der Waals surface area contributed by atoms with Crippen molar-refractivity contribution in [2.24, 2.45) is 0 Å². The summed E-state index contributed by atoms with van der Waals surface area (Å²) in [5.41, 5.74) is 0. The molecule has 0 spiro atoms. The van der Waals surface area contributed by atoms with Crippen molar-refractivity contribution in [1.29, 1.82) is 5.41 Å².